The first-order chi connectivity index (χ1) is 16.6. The highest BCUT2D eigenvalue weighted by Gasteiger charge is 2.08. The molecule has 7 heteroatoms. The average molecular weight is 469 g/mol. The first kappa shape index (κ1) is 21.9. The Morgan fingerprint density at radius 2 is 1.85 bits per heavy atom. The van der Waals surface area contributed by atoms with Gasteiger partial charge in [-0.1, -0.05) is 42.5 Å². The van der Waals surface area contributed by atoms with Crippen LogP contribution in [0.15, 0.2) is 84.5 Å². The van der Waals surface area contributed by atoms with Crippen molar-refractivity contribution in [2.24, 2.45) is 0 Å². The summed E-state index contributed by atoms with van der Waals surface area (Å²) in [5, 5.41) is 5.98. The second-order valence-corrected chi connectivity index (χ2v) is 9.10. The van der Waals surface area contributed by atoms with Gasteiger partial charge < -0.3 is 14.6 Å². The van der Waals surface area contributed by atoms with Gasteiger partial charge in [-0.2, -0.15) is 0 Å². The van der Waals surface area contributed by atoms with Crippen LogP contribution in [0.1, 0.15) is 32.2 Å². The standard InChI is InChI=1S/C27H24N4O2S/c1-19-30-23(17-34-19)16-33-24-6-4-5-22(13-24)27(32)28-14-20-9-11-21(12-10-20)15-31-18-29-25-7-2-3-8-26(25)31/h2-13,17-18H,14-16H2,1H3,(H,28,32). The normalized spacial score (nSPS) is 11.0. The van der Waals surface area contributed by atoms with Crippen molar-refractivity contribution in [3.05, 3.63) is 112 Å². The monoisotopic (exact) mass is 468 g/mol. The summed E-state index contributed by atoms with van der Waals surface area (Å²) in [7, 11) is 0. The lowest BCUT2D eigenvalue weighted by molar-refractivity contribution is 0.0950. The Balaban J connectivity index is 1.16. The van der Waals surface area contributed by atoms with Crippen molar-refractivity contribution in [2.75, 3.05) is 0 Å². The fraction of sp³-hybridized carbons (Fsp3) is 0.148. The van der Waals surface area contributed by atoms with E-state index in [-0.39, 0.29) is 5.91 Å². The molecule has 2 heterocycles. The van der Waals surface area contributed by atoms with Crippen molar-refractivity contribution in [3.8, 4) is 5.75 Å². The summed E-state index contributed by atoms with van der Waals surface area (Å²) in [5.74, 6) is 0.513. The van der Waals surface area contributed by atoms with Gasteiger partial charge in [-0.05, 0) is 48.4 Å². The summed E-state index contributed by atoms with van der Waals surface area (Å²) in [6.45, 7) is 3.56. The molecule has 0 atom stereocenters. The van der Waals surface area contributed by atoms with Gasteiger partial charge in [0, 0.05) is 24.0 Å². The van der Waals surface area contributed by atoms with Crippen LogP contribution in [0.4, 0.5) is 0 Å². The SMILES string of the molecule is Cc1nc(COc2cccc(C(=O)NCc3ccc(Cn4cnc5ccccc54)cc3)c2)cs1. The van der Waals surface area contributed by atoms with E-state index in [0.717, 1.165) is 33.8 Å². The number of aryl methyl sites for hydroxylation is 1. The van der Waals surface area contributed by atoms with Crippen molar-refractivity contribution >= 4 is 28.3 Å². The van der Waals surface area contributed by atoms with Gasteiger partial charge >= 0.3 is 0 Å². The Bertz CT molecular complexity index is 1420. The molecule has 0 unspecified atom stereocenters. The number of hydrogen-bond acceptors (Lipinski definition) is 5. The third kappa shape index (κ3) is 5.15. The summed E-state index contributed by atoms with van der Waals surface area (Å²) in [6.07, 6.45) is 1.87. The molecule has 1 amide bonds. The largest absolute Gasteiger partial charge is 0.487 e. The number of rotatable bonds is 8. The van der Waals surface area contributed by atoms with Gasteiger partial charge in [0.25, 0.3) is 5.91 Å². The number of benzene rings is 3. The van der Waals surface area contributed by atoms with Gasteiger partial charge in [-0.15, -0.1) is 11.3 Å². The number of amides is 1. The van der Waals surface area contributed by atoms with Crippen LogP contribution in [0, 0.1) is 6.92 Å². The van der Waals surface area contributed by atoms with Crippen LogP contribution in [0.25, 0.3) is 11.0 Å². The second-order valence-electron chi connectivity index (χ2n) is 8.03. The molecule has 2 aromatic heterocycles. The van der Waals surface area contributed by atoms with Gasteiger partial charge in [0.15, 0.2) is 0 Å². The van der Waals surface area contributed by atoms with Crippen molar-refractivity contribution in [3.63, 3.8) is 0 Å². The predicted molar refractivity (Wildman–Crippen MR) is 134 cm³/mol. The number of carbonyl (C=O) groups excluding carboxylic acids is 1. The number of carbonyl (C=O) groups is 1. The first-order valence-corrected chi connectivity index (χ1v) is 11.9. The number of para-hydroxylation sites is 2. The predicted octanol–water partition coefficient (Wildman–Crippen LogP) is 5.36. The Hall–Kier alpha value is -3.97. The summed E-state index contributed by atoms with van der Waals surface area (Å²) in [5.41, 5.74) is 5.79. The quantitative estimate of drug-likeness (QED) is 0.333. The number of hydrogen-bond donors (Lipinski definition) is 1. The number of thiazole rings is 1. The maximum absolute atomic E-state index is 12.7. The smallest absolute Gasteiger partial charge is 0.251 e. The van der Waals surface area contributed by atoms with Crippen molar-refractivity contribution < 1.29 is 9.53 Å². The van der Waals surface area contributed by atoms with Gasteiger partial charge in [-0.3, -0.25) is 4.79 Å². The Labute approximate surface area is 201 Å². The van der Waals surface area contributed by atoms with Crippen molar-refractivity contribution in [2.45, 2.75) is 26.6 Å². The third-order valence-corrected chi connectivity index (χ3v) is 6.33. The molecule has 5 aromatic rings. The maximum atomic E-state index is 12.7. The zero-order valence-electron chi connectivity index (χ0n) is 18.8. The van der Waals surface area contributed by atoms with Crippen LogP contribution in [0.2, 0.25) is 0 Å². The van der Waals surface area contributed by atoms with E-state index in [0.29, 0.717) is 24.5 Å². The number of ether oxygens (including phenoxy) is 1. The highest BCUT2D eigenvalue weighted by molar-refractivity contribution is 7.09. The molecule has 0 fully saturated rings. The molecule has 6 nitrogen and oxygen atoms in total. The van der Waals surface area contributed by atoms with Gasteiger partial charge in [0.2, 0.25) is 0 Å². The van der Waals surface area contributed by atoms with Crippen LogP contribution in [-0.2, 0) is 19.7 Å². The highest BCUT2D eigenvalue weighted by Crippen LogP contribution is 2.17. The van der Waals surface area contributed by atoms with E-state index in [9.17, 15) is 4.79 Å². The zero-order chi connectivity index (χ0) is 23.3. The molecule has 0 aliphatic rings. The van der Waals surface area contributed by atoms with Gasteiger partial charge in [-0.25, -0.2) is 9.97 Å². The molecule has 0 radical (unpaired) electrons. The molecule has 0 spiro atoms. The topological polar surface area (TPSA) is 69.0 Å². The maximum Gasteiger partial charge on any atom is 0.251 e. The molecular formula is C27H24N4O2S. The number of aromatic nitrogens is 3. The molecule has 34 heavy (non-hydrogen) atoms. The van der Waals surface area contributed by atoms with E-state index in [1.165, 1.54) is 5.56 Å². The number of nitrogens with one attached hydrogen (secondary N) is 1. The van der Waals surface area contributed by atoms with Crippen LogP contribution in [0.5, 0.6) is 5.75 Å². The van der Waals surface area contributed by atoms with Gasteiger partial charge in [0.05, 0.1) is 28.1 Å². The number of imidazole rings is 1. The van der Waals surface area contributed by atoms with Crippen molar-refractivity contribution in [1.29, 1.82) is 0 Å². The zero-order valence-corrected chi connectivity index (χ0v) is 19.6. The van der Waals surface area contributed by atoms with Crippen LogP contribution >= 0.6 is 11.3 Å². The lowest BCUT2D eigenvalue weighted by Gasteiger charge is -2.09. The molecule has 0 saturated heterocycles. The summed E-state index contributed by atoms with van der Waals surface area (Å²) in [4.78, 5) is 21.5. The van der Waals surface area contributed by atoms with Gasteiger partial charge in [0.1, 0.15) is 12.4 Å². The highest BCUT2D eigenvalue weighted by atomic mass is 32.1. The molecule has 0 aliphatic heterocycles. The van der Waals surface area contributed by atoms with E-state index >= 15 is 0 Å². The lowest BCUT2D eigenvalue weighted by Crippen LogP contribution is -2.22. The number of fused-ring (bicyclic) bond motifs is 1. The molecule has 0 saturated carbocycles. The minimum absolute atomic E-state index is 0.135. The molecule has 5 rings (SSSR count). The lowest BCUT2D eigenvalue weighted by atomic mass is 10.1. The molecule has 0 bridgehead atoms. The van der Waals surface area contributed by atoms with Crippen LogP contribution in [-0.4, -0.2) is 20.4 Å². The van der Waals surface area contributed by atoms with E-state index < -0.39 is 0 Å². The van der Waals surface area contributed by atoms with Crippen LogP contribution < -0.4 is 10.1 Å². The molecule has 3 aromatic carbocycles. The van der Waals surface area contributed by atoms with E-state index in [1.807, 2.05) is 61.1 Å². The molecule has 0 aliphatic carbocycles. The first-order valence-electron chi connectivity index (χ1n) is 11.0. The average Bonchev–Trinajstić information content (AvgIpc) is 3.48. The van der Waals surface area contributed by atoms with Crippen LogP contribution in [0.3, 0.4) is 0 Å². The van der Waals surface area contributed by atoms with Crippen molar-refractivity contribution in [1.82, 2.24) is 19.9 Å². The Morgan fingerprint density at radius 3 is 2.68 bits per heavy atom. The fourth-order valence-electron chi connectivity index (χ4n) is 3.74. The second kappa shape index (κ2) is 9.89. The minimum Gasteiger partial charge on any atom is -0.487 e. The van der Waals surface area contributed by atoms with E-state index in [4.69, 9.17) is 4.74 Å². The molecular weight excluding hydrogens is 444 g/mol. The Kier molecular flexibility index (Phi) is 6.35. The molecule has 1 N–H and O–H groups in total. The third-order valence-electron chi connectivity index (χ3n) is 5.51. The molecule has 170 valence electrons. The Morgan fingerprint density at radius 1 is 1.03 bits per heavy atom. The summed E-state index contributed by atoms with van der Waals surface area (Å²) < 4.78 is 7.94. The fourth-order valence-corrected chi connectivity index (χ4v) is 4.34. The summed E-state index contributed by atoms with van der Waals surface area (Å²) in [6, 6.07) is 23.6. The number of nitrogens with zero attached hydrogens (tertiary/aromatic N) is 3. The van der Waals surface area contributed by atoms with E-state index in [1.54, 1.807) is 23.5 Å². The van der Waals surface area contributed by atoms with E-state index in [2.05, 4.69) is 38.1 Å². The summed E-state index contributed by atoms with van der Waals surface area (Å²) >= 11 is 1.59. The minimum atomic E-state index is -0.135.